The highest BCUT2D eigenvalue weighted by atomic mass is 35.5. The molecule has 0 spiro atoms. The van der Waals surface area contributed by atoms with Crippen LogP contribution in [0.5, 0.6) is 0 Å². The first-order valence-electron chi connectivity index (χ1n) is 3.32. The maximum atomic E-state index is 7.15. The minimum atomic E-state index is 0. The molecule has 62 valence electrons. The van der Waals surface area contributed by atoms with Gasteiger partial charge in [-0.05, 0) is 5.92 Å². The van der Waals surface area contributed by atoms with Crippen molar-refractivity contribution in [3.63, 3.8) is 0 Å². The first-order chi connectivity index (χ1) is 4.20. The summed E-state index contributed by atoms with van der Waals surface area (Å²) in [4.78, 5) is 0. The van der Waals surface area contributed by atoms with Crippen LogP contribution < -0.4 is 0 Å². The lowest BCUT2D eigenvalue weighted by atomic mass is 10.1. The minimum absolute atomic E-state index is 0. The third kappa shape index (κ3) is 5.89. The van der Waals surface area contributed by atoms with Crippen LogP contribution in [0.15, 0.2) is 0 Å². The van der Waals surface area contributed by atoms with Crippen molar-refractivity contribution in [2.24, 2.45) is 5.92 Å². The maximum absolute atomic E-state index is 7.15. The predicted octanol–water partition coefficient (Wildman–Crippen LogP) is 2.47. The molecule has 0 saturated heterocycles. The molecule has 2 nitrogen and oxygen atoms in total. The minimum Gasteiger partial charge on any atom is -0.484 e. The summed E-state index contributed by atoms with van der Waals surface area (Å²) in [5.41, 5.74) is 0. The summed E-state index contributed by atoms with van der Waals surface area (Å²) in [5, 5.41) is 7.15. The molecule has 10 heavy (non-hydrogen) atoms. The molecule has 0 aliphatic heterocycles. The fourth-order valence-corrected chi connectivity index (χ4v) is 0.544. The Labute approximate surface area is 68.9 Å². The Balaban J connectivity index is 0. The van der Waals surface area contributed by atoms with E-state index in [1.807, 2.05) is 0 Å². The molecule has 0 aliphatic rings. The van der Waals surface area contributed by atoms with Crippen LogP contribution in [0.2, 0.25) is 0 Å². The van der Waals surface area contributed by atoms with Crippen LogP contribution in [0, 0.1) is 11.3 Å². The van der Waals surface area contributed by atoms with E-state index < -0.39 is 0 Å². The van der Waals surface area contributed by atoms with Gasteiger partial charge < -0.3 is 4.74 Å². The van der Waals surface area contributed by atoms with E-state index in [1.165, 1.54) is 0 Å². The van der Waals surface area contributed by atoms with Crippen molar-refractivity contribution in [3.05, 3.63) is 0 Å². The van der Waals surface area contributed by atoms with E-state index in [0.717, 1.165) is 12.8 Å². The van der Waals surface area contributed by atoms with E-state index in [1.54, 1.807) is 7.11 Å². The summed E-state index contributed by atoms with van der Waals surface area (Å²) in [7, 11) is 1.55. The van der Waals surface area contributed by atoms with Crippen LogP contribution in [0.25, 0.3) is 0 Å². The second kappa shape index (κ2) is 6.87. The fourth-order valence-electron chi connectivity index (χ4n) is 0.544. The molecular formula is C7H16ClNO. The maximum Gasteiger partial charge on any atom is 0.180 e. The molecule has 1 atom stereocenters. The van der Waals surface area contributed by atoms with Gasteiger partial charge >= 0.3 is 0 Å². The summed E-state index contributed by atoms with van der Waals surface area (Å²) in [6, 6.07) is 0. The molecule has 0 aromatic heterocycles. The predicted molar refractivity (Wildman–Crippen MR) is 46.1 cm³/mol. The third-order valence-electron chi connectivity index (χ3n) is 1.48. The van der Waals surface area contributed by atoms with Gasteiger partial charge in [-0.1, -0.05) is 20.3 Å². The first-order valence-corrected chi connectivity index (χ1v) is 3.32. The summed E-state index contributed by atoms with van der Waals surface area (Å²) in [6.45, 7) is 4.24. The van der Waals surface area contributed by atoms with E-state index >= 15 is 0 Å². The van der Waals surface area contributed by atoms with Crippen molar-refractivity contribution in [1.82, 2.24) is 0 Å². The second-order valence-corrected chi connectivity index (χ2v) is 2.34. The van der Waals surface area contributed by atoms with Gasteiger partial charge in [-0.15, -0.1) is 12.4 Å². The molecule has 0 aromatic rings. The number of ether oxygens (including phenoxy) is 1. The van der Waals surface area contributed by atoms with Crippen LogP contribution in [0.3, 0.4) is 0 Å². The van der Waals surface area contributed by atoms with Crippen LogP contribution in [0.4, 0.5) is 0 Å². The monoisotopic (exact) mass is 165 g/mol. The zero-order chi connectivity index (χ0) is 7.28. The molecule has 0 bridgehead atoms. The first kappa shape index (κ1) is 12.4. The van der Waals surface area contributed by atoms with Crippen LogP contribution in [0.1, 0.15) is 26.7 Å². The SMILES string of the molecule is CCC(C)CC(=N)OC.Cl. The summed E-state index contributed by atoms with van der Waals surface area (Å²) < 4.78 is 4.71. The Bertz CT molecular complexity index is 95.6. The number of rotatable bonds is 3. The molecule has 3 heteroatoms. The highest BCUT2D eigenvalue weighted by Crippen LogP contribution is 2.06. The van der Waals surface area contributed by atoms with E-state index in [0.29, 0.717) is 11.8 Å². The molecule has 1 N–H and O–H groups in total. The molecule has 0 aromatic carbocycles. The second-order valence-electron chi connectivity index (χ2n) is 2.34. The number of hydrogen-bond acceptors (Lipinski definition) is 2. The quantitative estimate of drug-likeness (QED) is 0.506. The average molecular weight is 166 g/mol. The van der Waals surface area contributed by atoms with Gasteiger partial charge in [-0.3, -0.25) is 5.41 Å². The molecule has 0 fully saturated rings. The Hall–Kier alpha value is -0.240. The topological polar surface area (TPSA) is 33.1 Å². The van der Waals surface area contributed by atoms with Gasteiger partial charge in [0.25, 0.3) is 0 Å². The lowest BCUT2D eigenvalue weighted by molar-refractivity contribution is 0.371. The summed E-state index contributed by atoms with van der Waals surface area (Å²) in [6.07, 6.45) is 1.89. The largest absolute Gasteiger partial charge is 0.484 e. The zero-order valence-electron chi connectivity index (χ0n) is 6.81. The number of methoxy groups -OCH3 is 1. The Morgan fingerprint density at radius 2 is 2.10 bits per heavy atom. The zero-order valence-corrected chi connectivity index (χ0v) is 7.62. The highest BCUT2D eigenvalue weighted by molar-refractivity contribution is 5.85. The lowest BCUT2D eigenvalue weighted by Gasteiger charge is -2.06. The standard InChI is InChI=1S/C7H15NO.ClH/c1-4-6(2)5-7(8)9-3;/h6,8H,4-5H2,1-3H3;1H. The van der Waals surface area contributed by atoms with Crippen molar-refractivity contribution < 1.29 is 4.74 Å². The Kier molecular flexibility index (Phi) is 8.55. The molecule has 0 aliphatic carbocycles. The smallest absolute Gasteiger partial charge is 0.180 e. The van der Waals surface area contributed by atoms with Gasteiger partial charge in [-0.25, -0.2) is 0 Å². The highest BCUT2D eigenvalue weighted by Gasteiger charge is 2.01. The van der Waals surface area contributed by atoms with Crippen molar-refractivity contribution in [3.8, 4) is 0 Å². The normalized spacial score (nSPS) is 11.5. The number of nitrogens with one attached hydrogen (secondary N) is 1. The van der Waals surface area contributed by atoms with E-state index in [4.69, 9.17) is 10.1 Å². The molecule has 1 unspecified atom stereocenters. The van der Waals surface area contributed by atoms with Gasteiger partial charge in [-0.2, -0.15) is 0 Å². The Morgan fingerprint density at radius 3 is 2.40 bits per heavy atom. The van der Waals surface area contributed by atoms with Crippen LogP contribution in [-0.4, -0.2) is 13.0 Å². The van der Waals surface area contributed by atoms with Crippen LogP contribution in [-0.2, 0) is 4.74 Å². The fraction of sp³-hybridized carbons (Fsp3) is 0.857. The average Bonchev–Trinajstić information content (AvgIpc) is 1.87. The van der Waals surface area contributed by atoms with E-state index in [2.05, 4.69) is 13.8 Å². The Morgan fingerprint density at radius 1 is 1.60 bits per heavy atom. The molecule has 0 amide bonds. The number of hydrogen-bond donors (Lipinski definition) is 1. The van der Waals surface area contributed by atoms with Crippen molar-refractivity contribution in [1.29, 1.82) is 5.41 Å². The van der Waals surface area contributed by atoms with E-state index in [9.17, 15) is 0 Å². The van der Waals surface area contributed by atoms with Gasteiger partial charge in [0.15, 0.2) is 5.90 Å². The molecule has 0 heterocycles. The van der Waals surface area contributed by atoms with Gasteiger partial charge in [0, 0.05) is 6.42 Å². The van der Waals surface area contributed by atoms with Crippen molar-refractivity contribution >= 4 is 18.3 Å². The van der Waals surface area contributed by atoms with Crippen LogP contribution >= 0.6 is 12.4 Å². The summed E-state index contributed by atoms with van der Waals surface area (Å²) in [5.74, 6) is 0.974. The van der Waals surface area contributed by atoms with Crippen molar-refractivity contribution in [2.75, 3.05) is 7.11 Å². The van der Waals surface area contributed by atoms with Crippen molar-refractivity contribution in [2.45, 2.75) is 26.7 Å². The molecular weight excluding hydrogens is 150 g/mol. The molecule has 0 saturated carbocycles. The molecule has 0 rings (SSSR count). The molecule has 0 radical (unpaired) electrons. The van der Waals surface area contributed by atoms with Gasteiger partial charge in [0.1, 0.15) is 0 Å². The van der Waals surface area contributed by atoms with Gasteiger partial charge in [0.2, 0.25) is 0 Å². The summed E-state index contributed by atoms with van der Waals surface area (Å²) >= 11 is 0. The van der Waals surface area contributed by atoms with Gasteiger partial charge in [0.05, 0.1) is 7.11 Å². The lowest BCUT2D eigenvalue weighted by Crippen LogP contribution is -2.04. The number of halogens is 1. The van der Waals surface area contributed by atoms with E-state index in [-0.39, 0.29) is 12.4 Å². The third-order valence-corrected chi connectivity index (χ3v) is 1.48.